The zero-order valence-corrected chi connectivity index (χ0v) is 8.97. The molecule has 0 bridgehead atoms. The van der Waals surface area contributed by atoms with Crippen LogP contribution in [0.25, 0.3) is 22.1 Å². The van der Waals surface area contributed by atoms with Gasteiger partial charge in [-0.2, -0.15) is 0 Å². The van der Waals surface area contributed by atoms with E-state index >= 15 is 0 Å². The summed E-state index contributed by atoms with van der Waals surface area (Å²) in [4.78, 5) is 4.01. The molecule has 0 aliphatic carbocycles. The van der Waals surface area contributed by atoms with E-state index < -0.39 is 0 Å². The monoisotopic (exact) mass is 209 g/mol. The van der Waals surface area contributed by atoms with Gasteiger partial charge in [-0.05, 0) is 25.1 Å². The van der Waals surface area contributed by atoms with Crippen molar-refractivity contribution in [2.75, 3.05) is 0 Å². The van der Waals surface area contributed by atoms with Gasteiger partial charge >= 0.3 is 0 Å². The summed E-state index contributed by atoms with van der Waals surface area (Å²) in [5.74, 6) is 0.914. The van der Waals surface area contributed by atoms with E-state index in [1.807, 2.05) is 12.1 Å². The fourth-order valence-corrected chi connectivity index (χ4v) is 1.90. The lowest BCUT2D eigenvalue weighted by Gasteiger charge is -1.97. The smallest absolute Gasteiger partial charge is 0.141 e. The first kappa shape index (κ1) is 9.16. The Morgan fingerprint density at radius 1 is 1.06 bits per heavy atom. The Morgan fingerprint density at radius 2 is 1.88 bits per heavy atom. The minimum Gasteiger partial charge on any atom is -0.463 e. The second-order valence-corrected chi connectivity index (χ2v) is 3.89. The van der Waals surface area contributed by atoms with E-state index in [2.05, 4.69) is 30.1 Å². The zero-order chi connectivity index (χ0) is 11.0. The molecule has 0 saturated carbocycles. The second kappa shape index (κ2) is 3.49. The summed E-state index contributed by atoms with van der Waals surface area (Å²) in [6.07, 6.45) is 5.36. The van der Waals surface area contributed by atoms with Crippen molar-refractivity contribution in [1.29, 1.82) is 0 Å². The Labute approximate surface area is 93.5 Å². The summed E-state index contributed by atoms with van der Waals surface area (Å²) in [6.45, 7) is 2.08. The van der Waals surface area contributed by atoms with Gasteiger partial charge in [0.1, 0.15) is 5.76 Å². The van der Waals surface area contributed by atoms with E-state index in [1.165, 1.54) is 5.56 Å². The van der Waals surface area contributed by atoms with Gasteiger partial charge in [0.25, 0.3) is 0 Å². The van der Waals surface area contributed by atoms with Crippen molar-refractivity contribution in [1.82, 2.24) is 4.98 Å². The standard InChI is InChI=1S/C14H11NO/c1-10-2-3-13-12(8-10)9-16-14(13)11-4-6-15-7-5-11/h2-9H,1H3. The van der Waals surface area contributed by atoms with Crippen LogP contribution in [-0.4, -0.2) is 4.98 Å². The van der Waals surface area contributed by atoms with Crippen molar-refractivity contribution in [2.45, 2.75) is 6.92 Å². The first-order valence-corrected chi connectivity index (χ1v) is 5.23. The normalized spacial score (nSPS) is 10.8. The van der Waals surface area contributed by atoms with Crippen LogP contribution in [0.15, 0.2) is 53.4 Å². The highest BCUT2D eigenvalue weighted by atomic mass is 16.3. The maximum atomic E-state index is 5.63. The zero-order valence-electron chi connectivity index (χ0n) is 8.97. The largest absolute Gasteiger partial charge is 0.463 e. The maximum Gasteiger partial charge on any atom is 0.141 e. The molecule has 0 N–H and O–H groups in total. The SMILES string of the molecule is Cc1ccc2c(-c3ccncc3)occ2c1. The first-order chi connectivity index (χ1) is 7.84. The van der Waals surface area contributed by atoms with E-state index in [9.17, 15) is 0 Å². The van der Waals surface area contributed by atoms with Gasteiger partial charge in [-0.1, -0.05) is 17.7 Å². The number of hydrogen-bond donors (Lipinski definition) is 0. The fraction of sp³-hybridized carbons (Fsp3) is 0.0714. The molecule has 2 heterocycles. The van der Waals surface area contributed by atoms with Crippen LogP contribution in [-0.2, 0) is 0 Å². The maximum absolute atomic E-state index is 5.63. The molecule has 0 spiro atoms. The molecule has 0 unspecified atom stereocenters. The third-order valence-corrected chi connectivity index (χ3v) is 2.70. The van der Waals surface area contributed by atoms with Crippen molar-refractivity contribution in [2.24, 2.45) is 0 Å². The van der Waals surface area contributed by atoms with Gasteiger partial charge in [-0.15, -0.1) is 0 Å². The number of fused-ring (bicyclic) bond motifs is 1. The molecule has 0 fully saturated rings. The van der Waals surface area contributed by atoms with Crippen LogP contribution in [0, 0.1) is 6.92 Å². The van der Waals surface area contributed by atoms with Gasteiger partial charge < -0.3 is 4.42 Å². The van der Waals surface area contributed by atoms with Crippen molar-refractivity contribution in [3.05, 3.63) is 54.6 Å². The molecule has 1 aromatic carbocycles. The molecule has 0 atom stereocenters. The number of benzene rings is 1. The number of pyridine rings is 1. The van der Waals surface area contributed by atoms with Crippen LogP contribution < -0.4 is 0 Å². The third kappa shape index (κ3) is 1.39. The van der Waals surface area contributed by atoms with E-state index in [4.69, 9.17) is 4.42 Å². The predicted molar refractivity (Wildman–Crippen MR) is 64.2 cm³/mol. The van der Waals surface area contributed by atoms with Crippen molar-refractivity contribution in [3.63, 3.8) is 0 Å². The molecular formula is C14H11NO. The summed E-state index contributed by atoms with van der Waals surface area (Å²) >= 11 is 0. The highest BCUT2D eigenvalue weighted by Crippen LogP contribution is 2.30. The molecule has 2 aromatic heterocycles. The quantitative estimate of drug-likeness (QED) is 0.609. The number of aromatic nitrogens is 1. The summed E-state index contributed by atoms with van der Waals surface area (Å²) in [5.41, 5.74) is 2.31. The van der Waals surface area contributed by atoms with Gasteiger partial charge in [0.05, 0.1) is 6.26 Å². The van der Waals surface area contributed by atoms with Crippen LogP contribution in [0.5, 0.6) is 0 Å². The van der Waals surface area contributed by atoms with Crippen LogP contribution in [0.2, 0.25) is 0 Å². The van der Waals surface area contributed by atoms with Crippen LogP contribution in [0.3, 0.4) is 0 Å². The summed E-state index contributed by atoms with van der Waals surface area (Å²) < 4.78 is 5.63. The molecule has 0 aliphatic heterocycles. The fourth-order valence-electron chi connectivity index (χ4n) is 1.90. The minimum absolute atomic E-state index is 0.914. The molecule has 3 aromatic rings. The first-order valence-electron chi connectivity index (χ1n) is 5.23. The Hall–Kier alpha value is -2.09. The lowest BCUT2D eigenvalue weighted by atomic mass is 10.1. The topological polar surface area (TPSA) is 26.0 Å². The molecule has 78 valence electrons. The Bertz CT molecular complexity index is 626. The van der Waals surface area contributed by atoms with Gasteiger partial charge in [0, 0.05) is 28.7 Å². The van der Waals surface area contributed by atoms with Gasteiger partial charge in [-0.3, -0.25) is 4.98 Å². The molecule has 0 aliphatic rings. The van der Waals surface area contributed by atoms with Crippen molar-refractivity contribution >= 4 is 10.8 Å². The third-order valence-electron chi connectivity index (χ3n) is 2.70. The van der Waals surface area contributed by atoms with Gasteiger partial charge in [-0.25, -0.2) is 0 Å². The molecular weight excluding hydrogens is 198 g/mol. The van der Waals surface area contributed by atoms with Crippen LogP contribution in [0.1, 0.15) is 5.56 Å². The van der Waals surface area contributed by atoms with Crippen molar-refractivity contribution < 1.29 is 4.42 Å². The number of hydrogen-bond acceptors (Lipinski definition) is 2. The number of rotatable bonds is 1. The molecule has 2 nitrogen and oxygen atoms in total. The average molecular weight is 209 g/mol. The highest BCUT2D eigenvalue weighted by Gasteiger charge is 2.07. The number of nitrogens with zero attached hydrogens (tertiary/aromatic N) is 1. The molecule has 0 radical (unpaired) electrons. The van der Waals surface area contributed by atoms with Crippen LogP contribution in [0.4, 0.5) is 0 Å². The summed E-state index contributed by atoms with van der Waals surface area (Å²) in [5, 5.41) is 2.30. The molecule has 0 amide bonds. The predicted octanol–water partition coefficient (Wildman–Crippen LogP) is 3.80. The Morgan fingerprint density at radius 3 is 2.69 bits per heavy atom. The Kier molecular flexibility index (Phi) is 2.00. The number of furan rings is 1. The molecule has 2 heteroatoms. The molecule has 0 saturated heterocycles. The average Bonchev–Trinajstić information content (AvgIpc) is 2.73. The van der Waals surface area contributed by atoms with E-state index in [0.717, 1.165) is 22.1 Å². The second-order valence-electron chi connectivity index (χ2n) is 3.89. The van der Waals surface area contributed by atoms with E-state index in [0.29, 0.717) is 0 Å². The molecule has 3 rings (SSSR count). The highest BCUT2D eigenvalue weighted by molar-refractivity contribution is 5.94. The minimum atomic E-state index is 0.914. The number of aryl methyl sites for hydroxylation is 1. The Balaban J connectivity index is 2.26. The summed E-state index contributed by atoms with van der Waals surface area (Å²) in [6, 6.07) is 10.2. The summed E-state index contributed by atoms with van der Waals surface area (Å²) in [7, 11) is 0. The van der Waals surface area contributed by atoms with Crippen LogP contribution >= 0.6 is 0 Å². The lowest BCUT2D eigenvalue weighted by Crippen LogP contribution is -1.76. The molecule has 16 heavy (non-hydrogen) atoms. The van der Waals surface area contributed by atoms with E-state index in [1.54, 1.807) is 18.7 Å². The van der Waals surface area contributed by atoms with E-state index in [-0.39, 0.29) is 0 Å². The lowest BCUT2D eigenvalue weighted by molar-refractivity contribution is 0.587. The van der Waals surface area contributed by atoms with Crippen molar-refractivity contribution in [3.8, 4) is 11.3 Å². The van der Waals surface area contributed by atoms with Gasteiger partial charge in [0.2, 0.25) is 0 Å². The van der Waals surface area contributed by atoms with Gasteiger partial charge in [0.15, 0.2) is 0 Å².